The standard InChI is InChI=1S/C23H21NO5/c1-27-19-11-7-8-17(14-19)15-24-22(25)16-28-23(26)20-12-5-6-13-21(20)29-18-9-3-2-4-10-18/h2-14H,15-16H2,1H3,(H,24,25). The first-order chi connectivity index (χ1) is 14.2. The number of amides is 1. The second-order valence-corrected chi connectivity index (χ2v) is 6.12. The van der Waals surface area contributed by atoms with Gasteiger partial charge in [0, 0.05) is 6.54 Å². The predicted octanol–water partition coefficient (Wildman–Crippen LogP) is 3.96. The fourth-order valence-corrected chi connectivity index (χ4v) is 2.58. The van der Waals surface area contributed by atoms with Gasteiger partial charge in [0.05, 0.1) is 7.11 Å². The summed E-state index contributed by atoms with van der Waals surface area (Å²) in [5, 5.41) is 2.71. The lowest BCUT2D eigenvalue weighted by molar-refractivity contribution is -0.124. The van der Waals surface area contributed by atoms with Gasteiger partial charge in [-0.05, 0) is 42.0 Å². The molecule has 0 saturated heterocycles. The van der Waals surface area contributed by atoms with E-state index in [1.807, 2.05) is 42.5 Å². The lowest BCUT2D eigenvalue weighted by Crippen LogP contribution is -2.28. The summed E-state index contributed by atoms with van der Waals surface area (Å²) in [4.78, 5) is 24.5. The topological polar surface area (TPSA) is 73.9 Å². The number of hydrogen-bond donors (Lipinski definition) is 1. The quantitative estimate of drug-likeness (QED) is 0.589. The molecule has 0 aliphatic heterocycles. The highest BCUT2D eigenvalue weighted by Gasteiger charge is 2.15. The maximum absolute atomic E-state index is 12.4. The third kappa shape index (κ3) is 5.84. The number of carbonyl (C=O) groups excluding carboxylic acids is 2. The Hall–Kier alpha value is -3.80. The Kier molecular flexibility index (Phi) is 6.84. The van der Waals surface area contributed by atoms with Crippen molar-refractivity contribution in [2.45, 2.75) is 6.54 Å². The van der Waals surface area contributed by atoms with E-state index in [1.165, 1.54) is 0 Å². The van der Waals surface area contributed by atoms with Gasteiger partial charge in [0.25, 0.3) is 5.91 Å². The summed E-state index contributed by atoms with van der Waals surface area (Å²) in [5.74, 6) is 0.637. The molecule has 0 radical (unpaired) electrons. The molecule has 3 aromatic rings. The van der Waals surface area contributed by atoms with Crippen LogP contribution in [0.15, 0.2) is 78.9 Å². The Morgan fingerprint density at radius 1 is 0.862 bits per heavy atom. The van der Waals surface area contributed by atoms with E-state index in [-0.39, 0.29) is 12.2 Å². The molecule has 0 atom stereocenters. The van der Waals surface area contributed by atoms with Crippen LogP contribution >= 0.6 is 0 Å². The first-order valence-electron chi connectivity index (χ1n) is 9.04. The molecule has 29 heavy (non-hydrogen) atoms. The molecule has 0 aliphatic rings. The number of ether oxygens (including phenoxy) is 3. The Labute approximate surface area is 169 Å². The summed E-state index contributed by atoms with van der Waals surface area (Å²) in [6.07, 6.45) is 0. The number of methoxy groups -OCH3 is 1. The van der Waals surface area contributed by atoms with Crippen LogP contribution in [0.4, 0.5) is 0 Å². The van der Waals surface area contributed by atoms with Crippen LogP contribution < -0.4 is 14.8 Å². The minimum absolute atomic E-state index is 0.247. The van der Waals surface area contributed by atoms with E-state index >= 15 is 0 Å². The Bertz CT molecular complexity index is 972. The summed E-state index contributed by atoms with van der Waals surface area (Å²) in [6.45, 7) is -0.0796. The molecule has 0 bridgehead atoms. The minimum Gasteiger partial charge on any atom is -0.497 e. The van der Waals surface area contributed by atoms with E-state index < -0.39 is 11.9 Å². The Morgan fingerprint density at radius 2 is 1.59 bits per heavy atom. The number of rotatable bonds is 8. The zero-order valence-electron chi connectivity index (χ0n) is 16.0. The summed E-state index contributed by atoms with van der Waals surface area (Å²) in [6, 6.07) is 23.2. The molecular weight excluding hydrogens is 370 g/mol. The summed E-state index contributed by atoms with van der Waals surface area (Å²) >= 11 is 0. The van der Waals surface area contributed by atoms with Gasteiger partial charge in [-0.15, -0.1) is 0 Å². The maximum atomic E-state index is 12.4. The highest BCUT2D eigenvalue weighted by atomic mass is 16.5. The van der Waals surface area contributed by atoms with Gasteiger partial charge in [-0.2, -0.15) is 0 Å². The fraction of sp³-hybridized carbons (Fsp3) is 0.130. The molecule has 6 nitrogen and oxygen atoms in total. The highest BCUT2D eigenvalue weighted by Crippen LogP contribution is 2.25. The van der Waals surface area contributed by atoms with Crippen LogP contribution in [0.5, 0.6) is 17.2 Å². The number of esters is 1. The number of nitrogens with one attached hydrogen (secondary N) is 1. The van der Waals surface area contributed by atoms with Crippen LogP contribution in [0.25, 0.3) is 0 Å². The van der Waals surface area contributed by atoms with Crippen LogP contribution in [0.3, 0.4) is 0 Å². The van der Waals surface area contributed by atoms with Crippen molar-refractivity contribution in [1.29, 1.82) is 0 Å². The van der Waals surface area contributed by atoms with E-state index in [1.54, 1.807) is 43.5 Å². The van der Waals surface area contributed by atoms with Crippen LogP contribution in [0.1, 0.15) is 15.9 Å². The SMILES string of the molecule is COc1cccc(CNC(=O)COC(=O)c2ccccc2Oc2ccccc2)c1. The largest absolute Gasteiger partial charge is 0.497 e. The second kappa shape index (κ2) is 9.94. The molecule has 148 valence electrons. The lowest BCUT2D eigenvalue weighted by atomic mass is 10.2. The van der Waals surface area contributed by atoms with E-state index in [9.17, 15) is 9.59 Å². The summed E-state index contributed by atoms with van der Waals surface area (Å²) < 4.78 is 16.0. The Balaban J connectivity index is 1.54. The molecule has 0 fully saturated rings. The molecule has 0 saturated carbocycles. The van der Waals surface area contributed by atoms with Gasteiger partial charge in [0.15, 0.2) is 6.61 Å². The number of hydrogen-bond acceptors (Lipinski definition) is 5. The van der Waals surface area contributed by atoms with Gasteiger partial charge in [-0.1, -0.05) is 42.5 Å². The number of benzene rings is 3. The fourth-order valence-electron chi connectivity index (χ4n) is 2.58. The van der Waals surface area contributed by atoms with Crippen LogP contribution in [-0.4, -0.2) is 25.6 Å². The second-order valence-electron chi connectivity index (χ2n) is 6.12. The van der Waals surface area contributed by atoms with Crippen LogP contribution in [0.2, 0.25) is 0 Å². The molecule has 1 amide bonds. The van der Waals surface area contributed by atoms with Crippen molar-refractivity contribution in [3.05, 3.63) is 90.0 Å². The maximum Gasteiger partial charge on any atom is 0.342 e. The van der Waals surface area contributed by atoms with E-state index in [4.69, 9.17) is 14.2 Å². The molecule has 0 heterocycles. The molecule has 3 aromatic carbocycles. The molecule has 0 aromatic heterocycles. The van der Waals surface area contributed by atoms with Crippen molar-refractivity contribution in [2.24, 2.45) is 0 Å². The highest BCUT2D eigenvalue weighted by molar-refractivity contribution is 5.94. The molecule has 0 spiro atoms. The third-order valence-electron chi connectivity index (χ3n) is 4.04. The van der Waals surface area contributed by atoms with Gasteiger partial charge < -0.3 is 19.5 Å². The summed E-state index contributed by atoms with van der Waals surface area (Å²) in [7, 11) is 1.58. The zero-order chi connectivity index (χ0) is 20.5. The van der Waals surface area contributed by atoms with Crippen molar-refractivity contribution in [1.82, 2.24) is 5.32 Å². The van der Waals surface area contributed by atoms with E-state index in [0.29, 0.717) is 23.8 Å². The minimum atomic E-state index is -0.631. The van der Waals surface area contributed by atoms with Gasteiger partial charge in [0.1, 0.15) is 22.8 Å². The monoisotopic (exact) mass is 391 g/mol. The van der Waals surface area contributed by atoms with Gasteiger partial charge >= 0.3 is 5.97 Å². The predicted molar refractivity (Wildman–Crippen MR) is 108 cm³/mol. The number of carbonyl (C=O) groups is 2. The third-order valence-corrected chi connectivity index (χ3v) is 4.04. The molecule has 1 N–H and O–H groups in total. The smallest absolute Gasteiger partial charge is 0.342 e. The average Bonchev–Trinajstić information content (AvgIpc) is 2.77. The van der Waals surface area contributed by atoms with Gasteiger partial charge in [-0.25, -0.2) is 4.79 Å². The van der Waals surface area contributed by atoms with Crippen LogP contribution in [0, 0.1) is 0 Å². The van der Waals surface area contributed by atoms with E-state index in [0.717, 1.165) is 5.56 Å². The van der Waals surface area contributed by atoms with Crippen molar-refractivity contribution in [3.63, 3.8) is 0 Å². The van der Waals surface area contributed by atoms with Crippen molar-refractivity contribution in [3.8, 4) is 17.2 Å². The lowest BCUT2D eigenvalue weighted by Gasteiger charge is -2.11. The van der Waals surface area contributed by atoms with Gasteiger partial charge in [-0.3, -0.25) is 4.79 Å². The van der Waals surface area contributed by atoms with Crippen molar-refractivity contribution >= 4 is 11.9 Å². The van der Waals surface area contributed by atoms with Crippen molar-refractivity contribution in [2.75, 3.05) is 13.7 Å². The normalized spacial score (nSPS) is 10.1. The van der Waals surface area contributed by atoms with Crippen LogP contribution in [-0.2, 0) is 16.1 Å². The first-order valence-corrected chi connectivity index (χ1v) is 9.04. The molecular formula is C23H21NO5. The molecule has 6 heteroatoms. The van der Waals surface area contributed by atoms with Crippen molar-refractivity contribution < 1.29 is 23.8 Å². The molecule has 3 rings (SSSR count). The van der Waals surface area contributed by atoms with Gasteiger partial charge in [0.2, 0.25) is 0 Å². The zero-order valence-corrected chi connectivity index (χ0v) is 16.0. The first kappa shape index (κ1) is 19.9. The number of para-hydroxylation sites is 2. The Morgan fingerprint density at radius 3 is 2.38 bits per heavy atom. The molecule has 0 aliphatic carbocycles. The average molecular weight is 391 g/mol. The van der Waals surface area contributed by atoms with E-state index in [2.05, 4.69) is 5.32 Å². The summed E-state index contributed by atoms with van der Waals surface area (Å²) in [5.41, 5.74) is 1.13. The molecule has 0 unspecified atom stereocenters.